The fraction of sp³-hybridized carbons (Fsp3) is 0. The lowest BCUT2D eigenvalue weighted by atomic mass is 9.98. The van der Waals surface area contributed by atoms with E-state index < -0.39 is 0 Å². The van der Waals surface area contributed by atoms with Crippen LogP contribution < -0.4 is 4.90 Å². The lowest BCUT2D eigenvalue weighted by Gasteiger charge is -2.26. The van der Waals surface area contributed by atoms with Crippen molar-refractivity contribution in [3.8, 4) is 22.3 Å². The highest BCUT2D eigenvalue weighted by Crippen LogP contribution is 2.42. The smallest absolute Gasteiger partial charge is 0.135 e. The topological polar surface area (TPSA) is 16.4 Å². The number of hydrogen-bond donors (Lipinski definition) is 0. The van der Waals surface area contributed by atoms with Crippen LogP contribution in [0.5, 0.6) is 0 Å². The lowest BCUT2D eigenvalue weighted by molar-refractivity contribution is 0.669. The van der Waals surface area contributed by atoms with E-state index in [2.05, 4.69) is 181 Å². The summed E-state index contributed by atoms with van der Waals surface area (Å²) in [6.07, 6.45) is 0. The molecule has 248 valence electrons. The summed E-state index contributed by atoms with van der Waals surface area (Å²) in [5.41, 5.74) is 9.90. The zero-order valence-corrected chi connectivity index (χ0v) is 29.5. The minimum Gasteiger partial charge on any atom is -0.456 e. The van der Waals surface area contributed by atoms with Crippen molar-refractivity contribution in [2.45, 2.75) is 0 Å². The van der Waals surface area contributed by atoms with E-state index in [1.165, 1.54) is 64.0 Å². The van der Waals surface area contributed by atoms with Crippen LogP contribution in [0, 0.1) is 0 Å². The second-order valence-electron chi connectivity index (χ2n) is 13.7. The maximum absolute atomic E-state index is 6.22. The molecule has 9 aromatic carbocycles. The van der Waals surface area contributed by atoms with Gasteiger partial charge in [0.05, 0.1) is 0 Å². The molecule has 0 bridgehead atoms. The Morgan fingerprint density at radius 2 is 0.943 bits per heavy atom. The van der Waals surface area contributed by atoms with Crippen molar-refractivity contribution >= 4 is 92.1 Å². The van der Waals surface area contributed by atoms with E-state index in [-0.39, 0.29) is 0 Å². The van der Waals surface area contributed by atoms with Gasteiger partial charge in [0.15, 0.2) is 0 Å². The molecule has 2 heterocycles. The molecule has 53 heavy (non-hydrogen) atoms. The van der Waals surface area contributed by atoms with Gasteiger partial charge >= 0.3 is 0 Å². The average molecular weight is 694 g/mol. The number of benzene rings is 9. The fourth-order valence-corrected chi connectivity index (χ4v) is 9.19. The molecule has 0 aliphatic heterocycles. The standard InChI is InChI=1S/C50H31NOS/c1-2-10-36-29-50-46(28-35(36)9-1)44-26-20-37(30-49(44)53-50)32-16-21-38(22-17-32)51(40-25-27-48-45(31-40)43-13-5-6-15-47(43)52-48)39-23-18-34(19-24-39)42-14-7-11-33-8-3-4-12-41(33)42/h1-31H. The fourth-order valence-electron chi connectivity index (χ4n) is 8.01. The number of fused-ring (bicyclic) bond motifs is 8. The third kappa shape index (κ3) is 5.01. The number of para-hydroxylation sites is 1. The molecule has 0 aliphatic rings. The first-order valence-electron chi connectivity index (χ1n) is 18.0. The SMILES string of the molecule is c1ccc2cc3c(cc2c1)sc1cc(-c2ccc(N(c4ccc(-c5cccc6ccccc56)cc4)c4ccc5oc6ccccc6c5c4)cc2)ccc13. The van der Waals surface area contributed by atoms with Crippen LogP contribution in [0.3, 0.4) is 0 Å². The Morgan fingerprint density at radius 3 is 1.75 bits per heavy atom. The van der Waals surface area contributed by atoms with Crippen LogP contribution in [0.4, 0.5) is 17.1 Å². The minimum atomic E-state index is 0.890. The Kier molecular flexibility index (Phi) is 6.76. The van der Waals surface area contributed by atoms with Gasteiger partial charge in [-0.2, -0.15) is 0 Å². The second kappa shape index (κ2) is 11.9. The Hall–Kier alpha value is -6.68. The van der Waals surface area contributed by atoms with Crippen molar-refractivity contribution in [3.63, 3.8) is 0 Å². The van der Waals surface area contributed by atoms with Gasteiger partial charge in [-0.1, -0.05) is 121 Å². The highest BCUT2D eigenvalue weighted by Gasteiger charge is 2.17. The van der Waals surface area contributed by atoms with E-state index in [1.54, 1.807) is 0 Å². The highest BCUT2D eigenvalue weighted by molar-refractivity contribution is 7.25. The lowest BCUT2D eigenvalue weighted by Crippen LogP contribution is -2.09. The van der Waals surface area contributed by atoms with Crippen molar-refractivity contribution in [1.82, 2.24) is 0 Å². The molecule has 0 saturated carbocycles. The zero-order valence-electron chi connectivity index (χ0n) is 28.7. The molecule has 11 aromatic rings. The quantitative estimate of drug-likeness (QED) is 0.178. The first-order valence-corrected chi connectivity index (χ1v) is 18.8. The van der Waals surface area contributed by atoms with Gasteiger partial charge < -0.3 is 9.32 Å². The maximum atomic E-state index is 6.22. The minimum absolute atomic E-state index is 0.890. The van der Waals surface area contributed by atoms with Crippen LogP contribution in [0.1, 0.15) is 0 Å². The van der Waals surface area contributed by atoms with Crippen molar-refractivity contribution in [1.29, 1.82) is 0 Å². The number of nitrogens with zero attached hydrogens (tertiary/aromatic N) is 1. The summed E-state index contributed by atoms with van der Waals surface area (Å²) in [5.74, 6) is 0. The van der Waals surface area contributed by atoms with Gasteiger partial charge in [-0.05, 0) is 111 Å². The first kappa shape index (κ1) is 30.0. The van der Waals surface area contributed by atoms with Gasteiger partial charge in [-0.25, -0.2) is 0 Å². The summed E-state index contributed by atoms with van der Waals surface area (Å²) in [7, 11) is 0. The number of rotatable bonds is 5. The summed E-state index contributed by atoms with van der Waals surface area (Å²) in [6, 6.07) is 68.1. The number of anilines is 3. The molecule has 0 amide bonds. The summed E-state index contributed by atoms with van der Waals surface area (Å²) in [6.45, 7) is 0. The van der Waals surface area contributed by atoms with Gasteiger partial charge in [0, 0.05) is 48.0 Å². The predicted molar refractivity (Wildman–Crippen MR) is 227 cm³/mol. The van der Waals surface area contributed by atoms with E-state index in [1.807, 2.05) is 23.5 Å². The van der Waals surface area contributed by atoms with E-state index in [0.29, 0.717) is 0 Å². The van der Waals surface area contributed by atoms with Crippen molar-refractivity contribution in [2.75, 3.05) is 4.90 Å². The van der Waals surface area contributed by atoms with Gasteiger partial charge in [-0.3, -0.25) is 0 Å². The molecule has 11 rings (SSSR count). The van der Waals surface area contributed by atoms with E-state index in [0.717, 1.165) is 39.0 Å². The summed E-state index contributed by atoms with van der Waals surface area (Å²) in [5, 5.41) is 9.95. The van der Waals surface area contributed by atoms with E-state index >= 15 is 0 Å². The maximum Gasteiger partial charge on any atom is 0.135 e. The third-order valence-corrected chi connectivity index (χ3v) is 11.8. The van der Waals surface area contributed by atoms with E-state index in [9.17, 15) is 0 Å². The van der Waals surface area contributed by atoms with Crippen molar-refractivity contribution in [2.24, 2.45) is 0 Å². The molecule has 0 unspecified atom stereocenters. The monoisotopic (exact) mass is 693 g/mol. The largest absolute Gasteiger partial charge is 0.456 e. The molecule has 0 radical (unpaired) electrons. The Bertz CT molecular complexity index is 3160. The normalized spacial score (nSPS) is 11.8. The summed E-state index contributed by atoms with van der Waals surface area (Å²) >= 11 is 1.87. The molecular weight excluding hydrogens is 663 g/mol. The number of furan rings is 1. The molecule has 2 nitrogen and oxygen atoms in total. The Labute approximate surface area is 310 Å². The van der Waals surface area contributed by atoms with Crippen molar-refractivity contribution in [3.05, 3.63) is 188 Å². The molecule has 0 spiro atoms. The summed E-state index contributed by atoms with van der Waals surface area (Å²) in [4.78, 5) is 2.34. The van der Waals surface area contributed by atoms with Gasteiger partial charge in [0.1, 0.15) is 11.2 Å². The molecular formula is C50H31NOS. The van der Waals surface area contributed by atoms with Crippen LogP contribution in [0.15, 0.2) is 192 Å². The van der Waals surface area contributed by atoms with Gasteiger partial charge in [-0.15, -0.1) is 11.3 Å². The Balaban J connectivity index is 1.00. The van der Waals surface area contributed by atoms with Crippen LogP contribution >= 0.6 is 11.3 Å². The third-order valence-electron chi connectivity index (χ3n) is 10.6. The van der Waals surface area contributed by atoms with Crippen LogP contribution in [0.25, 0.3) is 85.9 Å². The highest BCUT2D eigenvalue weighted by atomic mass is 32.1. The predicted octanol–water partition coefficient (Wildman–Crippen LogP) is 15.1. The van der Waals surface area contributed by atoms with E-state index in [4.69, 9.17) is 4.42 Å². The zero-order chi connectivity index (χ0) is 34.9. The molecule has 3 heteroatoms. The molecule has 0 aliphatic carbocycles. The molecule has 0 saturated heterocycles. The van der Waals surface area contributed by atoms with Crippen LogP contribution in [-0.4, -0.2) is 0 Å². The number of thiophene rings is 1. The van der Waals surface area contributed by atoms with Crippen LogP contribution in [0.2, 0.25) is 0 Å². The van der Waals surface area contributed by atoms with Gasteiger partial charge in [0.2, 0.25) is 0 Å². The van der Waals surface area contributed by atoms with Crippen molar-refractivity contribution < 1.29 is 4.42 Å². The van der Waals surface area contributed by atoms with Gasteiger partial charge in [0.25, 0.3) is 0 Å². The average Bonchev–Trinajstić information content (AvgIpc) is 3.77. The van der Waals surface area contributed by atoms with Crippen LogP contribution in [-0.2, 0) is 0 Å². The Morgan fingerprint density at radius 1 is 0.340 bits per heavy atom. The molecule has 0 N–H and O–H groups in total. The molecule has 2 aromatic heterocycles. The molecule has 0 atom stereocenters. The second-order valence-corrected chi connectivity index (χ2v) is 14.8. The summed E-state index contributed by atoms with van der Waals surface area (Å²) < 4.78 is 8.86. The molecule has 0 fully saturated rings. The first-order chi connectivity index (χ1) is 26.2. The number of hydrogen-bond acceptors (Lipinski definition) is 3.